The molecule has 0 aromatic carbocycles. The molecule has 0 fully saturated rings. The van der Waals surface area contributed by atoms with Crippen LogP contribution in [0.5, 0.6) is 0 Å². The van der Waals surface area contributed by atoms with Gasteiger partial charge in [0.25, 0.3) is 0 Å². The average Bonchev–Trinajstić information content (AvgIpc) is 1.91. The van der Waals surface area contributed by atoms with E-state index in [4.69, 9.17) is 0 Å². The van der Waals surface area contributed by atoms with Gasteiger partial charge in [0, 0.05) is 0 Å². The normalized spacial score (nSPS) is 19.1. The molecule has 0 saturated carbocycles. The predicted molar refractivity (Wildman–Crippen MR) is 28.7 cm³/mol. The topological polar surface area (TPSA) is 0 Å². The van der Waals surface area contributed by atoms with Crippen LogP contribution >= 0.6 is 0 Å². The number of hydrogen-bond donors (Lipinski definition) is 0. The first-order valence-corrected chi connectivity index (χ1v) is 3.18. The Balaban J connectivity index is 0. The Morgan fingerprint density at radius 2 is 2.57 bits per heavy atom. The summed E-state index contributed by atoms with van der Waals surface area (Å²) in [6, 6.07) is 0. The number of rotatable bonds is 0. The molecule has 43 valence electrons. The molecule has 0 atom stereocenters. The van der Waals surface area contributed by atoms with Crippen LogP contribution in [-0.4, -0.2) is 0 Å². The van der Waals surface area contributed by atoms with E-state index in [1.54, 1.807) is 0 Å². The summed E-state index contributed by atoms with van der Waals surface area (Å²) in [6.45, 7) is 2.13. The van der Waals surface area contributed by atoms with Gasteiger partial charge in [0.1, 0.15) is 0 Å². The Bertz CT molecular complexity index is 138. The summed E-state index contributed by atoms with van der Waals surface area (Å²) in [5.74, 6) is 0. The van der Waals surface area contributed by atoms with E-state index in [9.17, 15) is 0 Å². The molecule has 0 saturated heterocycles. The summed E-state index contributed by atoms with van der Waals surface area (Å²) < 4.78 is 1.44. The smallest absolute Gasteiger partial charge is 1.00 e. The van der Waals surface area contributed by atoms with Crippen molar-refractivity contribution in [1.82, 2.24) is 0 Å². The molecule has 1 aliphatic carbocycles. The molecule has 0 unspecified atom stereocenters. The van der Waals surface area contributed by atoms with E-state index in [2.05, 4.69) is 37.4 Å². The minimum atomic E-state index is 0. The maximum absolute atomic E-state index is 2.64. The molecule has 0 aliphatic heterocycles. The van der Waals surface area contributed by atoms with E-state index < -0.39 is 0 Å². The fourth-order valence-corrected chi connectivity index (χ4v) is 0.935. The third-order valence-electron chi connectivity index (χ3n) is 1.08. The van der Waals surface area contributed by atoms with Gasteiger partial charge in [-0.05, 0) is 0 Å². The zero-order valence-corrected chi connectivity index (χ0v) is 5.95. The molecule has 0 nitrogen and oxygen atoms in total. The fraction of sp³-hybridized carbons (Fsp3) is 0.333. The van der Waals surface area contributed by atoms with Crippen LogP contribution in [0.2, 0.25) is 0 Å². The molecule has 1 aliphatic rings. The van der Waals surface area contributed by atoms with Crippen molar-refractivity contribution in [2.45, 2.75) is 13.3 Å². The van der Waals surface area contributed by atoms with E-state index in [1.807, 2.05) is 0 Å². The molecule has 1 rings (SSSR count). The minimum absolute atomic E-state index is 0. The molecule has 0 bridgehead atoms. The Labute approximate surface area is 56.9 Å². The summed E-state index contributed by atoms with van der Waals surface area (Å²) in [5, 5.41) is 0. The van der Waals surface area contributed by atoms with Crippen molar-refractivity contribution in [3.8, 4) is 0 Å². The van der Waals surface area contributed by atoms with Crippen LogP contribution in [0.15, 0.2) is 21.9 Å². The zero-order chi connectivity index (χ0) is 5.28. The van der Waals surface area contributed by atoms with Crippen molar-refractivity contribution < 1.29 is 21.2 Å². The van der Waals surface area contributed by atoms with Crippen LogP contribution < -0.4 is 0 Å². The first kappa shape index (κ1) is 5.24. The Morgan fingerprint density at radius 1 is 1.86 bits per heavy atom. The van der Waals surface area contributed by atoms with E-state index in [1.165, 1.54) is 9.74 Å². The van der Waals surface area contributed by atoms with Gasteiger partial charge >= 0.3 is 53.5 Å². The molecule has 0 N–H and O–H groups in total. The van der Waals surface area contributed by atoms with Gasteiger partial charge in [0.05, 0.1) is 0 Å². The fourth-order valence-electron chi connectivity index (χ4n) is 0.586. The van der Waals surface area contributed by atoms with Crippen LogP contribution in [-0.2, 0) is 18.3 Å². The molecule has 0 heterocycles. The molecular weight excluding hydrogens is 173 g/mol. The molecule has 0 aromatic rings. The van der Waals surface area contributed by atoms with Gasteiger partial charge < -0.3 is 2.85 Å². The second-order valence-corrected chi connectivity index (χ2v) is 2.73. The van der Waals surface area contributed by atoms with Gasteiger partial charge in [-0.3, -0.25) is 0 Å². The first-order chi connectivity index (χ1) is 3.30. The van der Waals surface area contributed by atoms with Crippen molar-refractivity contribution in [2.75, 3.05) is 0 Å². The maximum atomic E-state index is 2.64. The third-order valence-corrected chi connectivity index (χ3v) is 2.12. The summed E-state index contributed by atoms with van der Waals surface area (Å²) >= 11 is 2.64. The van der Waals surface area contributed by atoms with Crippen molar-refractivity contribution in [3.63, 3.8) is 0 Å². The molecule has 7 heavy (non-hydrogen) atoms. The Morgan fingerprint density at radius 3 is 2.71 bits per heavy atom. The molecule has 0 radical (unpaired) electrons. The maximum Gasteiger partial charge on any atom is -1.00 e. The summed E-state index contributed by atoms with van der Waals surface area (Å²) in [6.07, 6.45) is 5.48. The second-order valence-electron chi connectivity index (χ2n) is 1.68. The Hall–Kier alpha value is 0.103. The van der Waals surface area contributed by atoms with Gasteiger partial charge in [-0.1, -0.05) is 0 Å². The summed E-state index contributed by atoms with van der Waals surface area (Å²) in [5.41, 5.74) is 1.41. The van der Waals surface area contributed by atoms with E-state index in [0.717, 1.165) is 6.42 Å². The Kier molecular flexibility index (Phi) is 1.44. The van der Waals surface area contributed by atoms with Crippen LogP contribution in [0.3, 0.4) is 0 Å². The molecule has 1 heteroatoms. The van der Waals surface area contributed by atoms with Crippen molar-refractivity contribution >= 4 is 0 Å². The number of hydrogen-bond acceptors (Lipinski definition) is 0. The first-order valence-electron chi connectivity index (χ1n) is 2.31. The van der Waals surface area contributed by atoms with Gasteiger partial charge in [-0.15, -0.1) is 0 Å². The van der Waals surface area contributed by atoms with Crippen LogP contribution in [0.4, 0.5) is 0 Å². The third kappa shape index (κ3) is 1.01. The van der Waals surface area contributed by atoms with Gasteiger partial charge in [-0.2, -0.15) is 0 Å². The summed E-state index contributed by atoms with van der Waals surface area (Å²) in [4.78, 5) is 0. The van der Waals surface area contributed by atoms with Crippen LogP contribution in [0, 0.1) is 0 Å². The largest absolute Gasteiger partial charge is 1.00 e. The van der Waals surface area contributed by atoms with Crippen LogP contribution in [0.1, 0.15) is 16.2 Å². The van der Waals surface area contributed by atoms with Crippen molar-refractivity contribution in [2.24, 2.45) is 0 Å². The quantitative estimate of drug-likeness (QED) is 0.502. The van der Waals surface area contributed by atoms with Gasteiger partial charge in [0.15, 0.2) is 0 Å². The molecular formula is C6H9Ru-2. The van der Waals surface area contributed by atoms with Gasteiger partial charge in [-0.25, -0.2) is 0 Å². The molecule has 0 aromatic heterocycles. The molecule has 0 spiro atoms. The van der Waals surface area contributed by atoms with Crippen LogP contribution in [0.25, 0.3) is 0 Å². The summed E-state index contributed by atoms with van der Waals surface area (Å²) in [7, 11) is 0. The van der Waals surface area contributed by atoms with Gasteiger partial charge in [0.2, 0.25) is 0 Å². The zero-order valence-electron chi connectivity index (χ0n) is 6.22. The SMILES string of the molecule is CC1=[C]([Ru])CC=C1.[H-].[H-]. The van der Waals surface area contributed by atoms with Crippen molar-refractivity contribution in [1.29, 1.82) is 0 Å². The monoisotopic (exact) mass is 183 g/mol. The number of allylic oxidation sites excluding steroid dienone is 4. The van der Waals surface area contributed by atoms with E-state index in [-0.39, 0.29) is 2.85 Å². The standard InChI is InChI=1S/C6H7.Ru.2H/c1-6-4-2-3-5-6;;;/h2,4H,3H2,1H3;;;/q;;2*-1. The average molecular weight is 182 g/mol. The van der Waals surface area contributed by atoms with E-state index >= 15 is 0 Å². The molecule has 0 amide bonds. The second kappa shape index (κ2) is 1.92. The van der Waals surface area contributed by atoms with E-state index in [0.29, 0.717) is 0 Å². The predicted octanol–water partition coefficient (Wildman–Crippen LogP) is 1.99. The van der Waals surface area contributed by atoms with Crippen molar-refractivity contribution in [3.05, 3.63) is 21.9 Å². The minimum Gasteiger partial charge on any atom is -1.00 e.